The summed E-state index contributed by atoms with van der Waals surface area (Å²) in [5.74, 6) is 1.09. The van der Waals surface area contributed by atoms with Crippen LogP contribution in [-0.4, -0.2) is 25.2 Å². The van der Waals surface area contributed by atoms with Gasteiger partial charge in [0.25, 0.3) is 0 Å². The molecule has 0 aliphatic heterocycles. The summed E-state index contributed by atoms with van der Waals surface area (Å²) in [5, 5.41) is 0. The van der Waals surface area contributed by atoms with Crippen molar-refractivity contribution in [1.29, 1.82) is 0 Å². The van der Waals surface area contributed by atoms with Crippen LogP contribution in [0.5, 0.6) is 11.5 Å². The van der Waals surface area contributed by atoms with E-state index in [1.165, 1.54) is 0 Å². The molecule has 20 heavy (non-hydrogen) atoms. The first-order valence-electron chi connectivity index (χ1n) is 6.95. The Kier molecular flexibility index (Phi) is 6.87. The Morgan fingerprint density at radius 3 is 2.65 bits per heavy atom. The van der Waals surface area contributed by atoms with Crippen molar-refractivity contribution in [3.05, 3.63) is 23.8 Å². The van der Waals surface area contributed by atoms with Crippen molar-refractivity contribution in [2.24, 2.45) is 11.5 Å². The third kappa shape index (κ3) is 5.93. The Morgan fingerprint density at radius 1 is 1.30 bits per heavy atom. The van der Waals surface area contributed by atoms with Crippen molar-refractivity contribution in [2.45, 2.75) is 39.2 Å². The van der Waals surface area contributed by atoms with E-state index in [9.17, 15) is 4.79 Å². The molecule has 0 radical (unpaired) electrons. The minimum Gasteiger partial charge on any atom is -0.493 e. The molecule has 1 amide bonds. The van der Waals surface area contributed by atoms with Gasteiger partial charge in [0.15, 0.2) is 0 Å². The number of amides is 1. The number of nitrogens with two attached hydrogens (primary N) is 2. The molecule has 5 nitrogen and oxygen atoms in total. The van der Waals surface area contributed by atoms with Gasteiger partial charge >= 0.3 is 0 Å². The highest BCUT2D eigenvalue weighted by molar-refractivity contribution is 5.73. The second-order valence-corrected chi connectivity index (χ2v) is 4.86. The van der Waals surface area contributed by atoms with Crippen LogP contribution in [0.25, 0.3) is 0 Å². The number of hydrogen-bond donors (Lipinski definition) is 2. The summed E-state index contributed by atoms with van der Waals surface area (Å²) in [6.07, 6.45) is 1.84. The monoisotopic (exact) mass is 280 g/mol. The van der Waals surface area contributed by atoms with Crippen molar-refractivity contribution in [3.63, 3.8) is 0 Å². The van der Waals surface area contributed by atoms with Gasteiger partial charge in [-0.2, -0.15) is 0 Å². The lowest BCUT2D eigenvalue weighted by molar-refractivity contribution is -0.118. The van der Waals surface area contributed by atoms with E-state index >= 15 is 0 Å². The number of ether oxygens (including phenoxy) is 2. The molecule has 1 aromatic rings. The topological polar surface area (TPSA) is 87.6 Å². The van der Waals surface area contributed by atoms with Gasteiger partial charge in [0, 0.05) is 12.1 Å². The molecule has 0 fully saturated rings. The average molecular weight is 280 g/mol. The highest BCUT2D eigenvalue weighted by Crippen LogP contribution is 2.26. The molecular weight excluding hydrogens is 256 g/mol. The van der Waals surface area contributed by atoms with E-state index < -0.39 is 0 Å². The number of rotatable bonds is 9. The van der Waals surface area contributed by atoms with Crippen LogP contribution < -0.4 is 20.9 Å². The molecule has 0 bridgehead atoms. The zero-order valence-electron chi connectivity index (χ0n) is 12.2. The van der Waals surface area contributed by atoms with Crippen molar-refractivity contribution < 1.29 is 14.3 Å². The van der Waals surface area contributed by atoms with Crippen molar-refractivity contribution in [1.82, 2.24) is 0 Å². The molecule has 0 aromatic heterocycles. The van der Waals surface area contributed by atoms with Crippen LogP contribution >= 0.6 is 0 Å². The molecule has 0 spiro atoms. The summed E-state index contributed by atoms with van der Waals surface area (Å²) in [5.41, 5.74) is 11.9. The fraction of sp³-hybridized carbons (Fsp3) is 0.533. The van der Waals surface area contributed by atoms with Crippen molar-refractivity contribution >= 4 is 5.91 Å². The Balaban J connectivity index is 2.78. The lowest BCUT2D eigenvalue weighted by atomic mass is 10.1. The first-order valence-corrected chi connectivity index (χ1v) is 6.95. The smallest absolute Gasteiger partial charge is 0.220 e. The molecule has 112 valence electrons. The van der Waals surface area contributed by atoms with Crippen LogP contribution in [0.15, 0.2) is 18.2 Å². The van der Waals surface area contributed by atoms with Crippen LogP contribution in [0.3, 0.4) is 0 Å². The van der Waals surface area contributed by atoms with Gasteiger partial charge < -0.3 is 20.9 Å². The maximum atomic E-state index is 10.8. The lowest BCUT2D eigenvalue weighted by Crippen LogP contribution is -2.19. The minimum atomic E-state index is -0.378. The quantitative estimate of drug-likeness (QED) is 0.719. The lowest BCUT2D eigenvalue weighted by Gasteiger charge is -2.14. The third-order valence-corrected chi connectivity index (χ3v) is 2.66. The Morgan fingerprint density at radius 2 is 2.05 bits per heavy atom. The maximum absolute atomic E-state index is 10.8. The molecule has 1 aromatic carbocycles. The van der Waals surface area contributed by atoms with Gasteiger partial charge in [0.1, 0.15) is 11.5 Å². The molecule has 1 rings (SSSR count). The number of carbonyl (C=O) groups is 1. The van der Waals surface area contributed by atoms with Gasteiger partial charge in [-0.05, 0) is 31.4 Å². The molecule has 1 atom stereocenters. The summed E-state index contributed by atoms with van der Waals surface area (Å²) < 4.78 is 11.2. The zero-order chi connectivity index (χ0) is 15.0. The van der Waals surface area contributed by atoms with E-state index in [1.54, 1.807) is 0 Å². The highest BCUT2D eigenvalue weighted by atomic mass is 16.5. The first-order chi connectivity index (χ1) is 9.52. The molecule has 0 heterocycles. The maximum Gasteiger partial charge on any atom is 0.220 e. The summed E-state index contributed by atoms with van der Waals surface area (Å²) >= 11 is 0. The second-order valence-electron chi connectivity index (χ2n) is 4.86. The predicted molar refractivity (Wildman–Crippen MR) is 78.9 cm³/mol. The van der Waals surface area contributed by atoms with E-state index in [0.29, 0.717) is 18.8 Å². The average Bonchev–Trinajstić information content (AvgIpc) is 2.37. The highest BCUT2D eigenvalue weighted by Gasteiger charge is 2.09. The van der Waals surface area contributed by atoms with Gasteiger partial charge in [-0.15, -0.1) is 0 Å². The SMILES string of the molecule is CCCOc1ccc(CC(C)N)c(OCCC(N)=O)c1. The minimum absolute atomic E-state index is 0.0379. The van der Waals surface area contributed by atoms with E-state index in [1.807, 2.05) is 25.1 Å². The molecule has 0 aliphatic rings. The Labute approximate surface area is 120 Å². The number of carbonyl (C=O) groups excluding carboxylic acids is 1. The van der Waals surface area contributed by atoms with Gasteiger partial charge in [-0.3, -0.25) is 4.79 Å². The largest absolute Gasteiger partial charge is 0.493 e. The second kappa shape index (κ2) is 8.43. The summed E-state index contributed by atoms with van der Waals surface area (Å²) in [6, 6.07) is 5.74. The summed E-state index contributed by atoms with van der Waals surface area (Å²) in [6.45, 7) is 4.91. The van der Waals surface area contributed by atoms with E-state index in [0.717, 1.165) is 17.7 Å². The van der Waals surface area contributed by atoms with E-state index in [4.69, 9.17) is 20.9 Å². The molecule has 0 aliphatic carbocycles. The van der Waals surface area contributed by atoms with Crippen LogP contribution in [0.4, 0.5) is 0 Å². The Bertz CT molecular complexity index is 433. The van der Waals surface area contributed by atoms with Gasteiger partial charge in [-0.1, -0.05) is 13.0 Å². The fourth-order valence-electron chi connectivity index (χ4n) is 1.76. The van der Waals surface area contributed by atoms with Crippen LogP contribution in [0.2, 0.25) is 0 Å². The molecule has 5 heteroatoms. The number of benzene rings is 1. The predicted octanol–water partition coefficient (Wildman–Crippen LogP) is 1.62. The van der Waals surface area contributed by atoms with E-state index in [-0.39, 0.29) is 25.0 Å². The molecular formula is C15H24N2O3. The van der Waals surface area contributed by atoms with E-state index in [2.05, 4.69) is 6.92 Å². The van der Waals surface area contributed by atoms with Crippen LogP contribution in [0.1, 0.15) is 32.3 Å². The number of hydrogen-bond acceptors (Lipinski definition) is 4. The zero-order valence-corrected chi connectivity index (χ0v) is 12.2. The van der Waals surface area contributed by atoms with Crippen LogP contribution in [0, 0.1) is 0 Å². The third-order valence-electron chi connectivity index (χ3n) is 2.66. The molecule has 4 N–H and O–H groups in total. The van der Waals surface area contributed by atoms with Gasteiger partial charge in [0.05, 0.1) is 19.6 Å². The summed E-state index contributed by atoms with van der Waals surface area (Å²) in [7, 11) is 0. The normalized spacial score (nSPS) is 11.9. The van der Waals surface area contributed by atoms with Gasteiger partial charge in [0.2, 0.25) is 5.91 Å². The van der Waals surface area contributed by atoms with Crippen molar-refractivity contribution in [3.8, 4) is 11.5 Å². The standard InChI is InChI=1S/C15H24N2O3/c1-3-7-19-13-5-4-12(9-11(2)16)14(10-13)20-8-6-15(17)18/h4-5,10-11H,3,6-9,16H2,1-2H3,(H2,17,18). The molecule has 0 saturated heterocycles. The van der Waals surface area contributed by atoms with Crippen molar-refractivity contribution in [2.75, 3.05) is 13.2 Å². The molecule has 0 saturated carbocycles. The fourth-order valence-corrected chi connectivity index (χ4v) is 1.76. The number of primary amides is 1. The Hall–Kier alpha value is -1.75. The summed E-state index contributed by atoms with van der Waals surface area (Å²) in [4.78, 5) is 10.8. The van der Waals surface area contributed by atoms with Gasteiger partial charge in [-0.25, -0.2) is 0 Å². The van der Waals surface area contributed by atoms with Crippen LogP contribution in [-0.2, 0) is 11.2 Å². The first kappa shape index (κ1) is 16.3. The molecule has 1 unspecified atom stereocenters.